The van der Waals surface area contributed by atoms with Gasteiger partial charge >= 0.3 is 0 Å². The summed E-state index contributed by atoms with van der Waals surface area (Å²) in [6, 6.07) is 6.33. The first-order valence-corrected chi connectivity index (χ1v) is 5.86. The van der Waals surface area contributed by atoms with Crippen LogP contribution in [-0.4, -0.2) is 10.2 Å². The summed E-state index contributed by atoms with van der Waals surface area (Å²) >= 11 is 3.40. The molecule has 16 heavy (non-hydrogen) atoms. The number of nitrogens with zero attached hydrogens (tertiary/aromatic N) is 2. The summed E-state index contributed by atoms with van der Waals surface area (Å²) < 4.78 is 18.8. The number of halogens is 2. The van der Waals surface area contributed by atoms with E-state index in [0.717, 1.165) is 6.42 Å². The Bertz CT molecular complexity index is 486. The van der Waals surface area contributed by atoms with E-state index in [1.165, 1.54) is 6.07 Å². The van der Waals surface area contributed by atoms with Crippen molar-refractivity contribution in [3.05, 3.63) is 36.0 Å². The predicted octanol–water partition coefficient (Wildman–Crippen LogP) is 3.72. The quantitative estimate of drug-likeness (QED) is 0.807. The van der Waals surface area contributed by atoms with Gasteiger partial charge in [-0.2, -0.15) is 0 Å². The topological polar surface area (TPSA) is 38.9 Å². The Kier molecular flexibility index (Phi) is 3.33. The molecule has 0 saturated heterocycles. The summed E-state index contributed by atoms with van der Waals surface area (Å²) in [6.07, 6.45) is 0.832. The highest BCUT2D eigenvalue weighted by molar-refractivity contribution is 9.09. The highest BCUT2D eigenvalue weighted by Gasteiger charge is 2.16. The van der Waals surface area contributed by atoms with Crippen molar-refractivity contribution >= 4 is 15.9 Å². The monoisotopic (exact) mass is 284 g/mol. The van der Waals surface area contributed by atoms with E-state index in [-0.39, 0.29) is 16.5 Å². The molecular formula is C11H10BrFN2O. The van der Waals surface area contributed by atoms with Gasteiger partial charge in [-0.25, -0.2) is 4.39 Å². The van der Waals surface area contributed by atoms with E-state index in [2.05, 4.69) is 26.1 Å². The number of alkyl halides is 1. The molecule has 0 amide bonds. The van der Waals surface area contributed by atoms with Gasteiger partial charge in [0.15, 0.2) is 0 Å². The van der Waals surface area contributed by atoms with Gasteiger partial charge in [0.25, 0.3) is 5.89 Å². The molecular weight excluding hydrogens is 275 g/mol. The first-order chi connectivity index (χ1) is 7.72. The van der Waals surface area contributed by atoms with Crippen LogP contribution in [0.15, 0.2) is 28.7 Å². The van der Waals surface area contributed by atoms with E-state index in [0.29, 0.717) is 11.5 Å². The zero-order valence-electron chi connectivity index (χ0n) is 8.65. The maximum atomic E-state index is 13.4. The van der Waals surface area contributed by atoms with Crippen molar-refractivity contribution in [1.82, 2.24) is 10.2 Å². The molecule has 2 rings (SSSR count). The van der Waals surface area contributed by atoms with Crippen molar-refractivity contribution in [3.8, 4) is 11.5 Å². The summed E-state index contributed by atoms with van der Waals surface area (Å²) in [6.45, 7) is 1.99. The Balaban J connectivity index is 2.35. The van der Waals surface area contributed by atoms with Crippen LogP contribution in [0.5, 0.6) is 0 Å². The molecule has 84 valence electrons. The van der Waals surface area contributed by atoms with Gasteiger partial charge in [0.05, 0.1) is 10.4 Å². The van der Waals surface area contributed by atoms with Crippen molar-refractivity contribution in [2.75, 3.05) is 0 Å². The molecule has 0 aliphatic carbocycles. The Morgan fingerprint density at radius 3 is 2.81 bits per heavy atom. The molecule has 0 aliphatic rings. The van der Waals surface area contributed by atoms with E-state index in [1.54, 1.807) is 18.2 Å². The summed E-state index contributed by atoms with van der Waals surface area (Å²) in [5.41, 5.74) is 0.331. The molecule has 1 heterocycles. The fraction of sp³-hybridized carbons (Fsp3) is 0.273. The van der Waals surface area contributed by atoms with Crippen molar-refractivity contribution < 1.29 is 8.81 Å². The van der Waals surface area contributed by atoms with E-state index in [4.69, 9.17) is 4.42 Å². The normalized spacial score (nSPS) is 12.7. The molecule has 5 heteroatoms. The van der Waals surface area contributed by atoms with Gasteiger partial charge in [-0.05, 0) is 18.6 Å². The van der Waals surface area contributed by atoms with E-state index in [9.17, 15) is 4.39 Å². The first kappa shape index (κ1) is 11.3. The number of aromatic nitrogens is 2. The lowest BCUT2D eigenvalue weighted by Gasteiger charge is -1.98. The second-order valence-electron chi connectivity index (χ2n) is 3.30. The first-order valence-electron chi connectivity index (χ1n) is 4.94. The van der Waals surface area contributed by atoms with Gasteiger partial charge in [0.2, 0.25) is 5.89 Å². The molecule has 0 N–H and O–H groups in total. The minimum absolute atomic E-state index is 0.0144. The molecule has 0 spiro atoms. The van der Waals surface area contributed by atoms with Gasteiger partial charge in [0, 0.05) is 0 Å². The van der Waals surface area contributed by atoms with Crippen LogP contribution in [0.2, 0.25) is 0 Å². The van der Waals surface area contributed by atoms with Crippen molar-refractivity contribution in [3.63, 3.8) is 0 Å². The second-order valence-corrected chi connectivity index (χ2v) is 4.41. The van der Waals surface area contributed by atoms with Crippen LogP contribution >= 0.6 is 15.9 Å². The van der Waals surface area contributed by atoms with Gasteiger partial charge in [-0.15, -0.1) is 10.2 Å². The number of rotatable bonds is 3. The van der Waals surface area contributed by atoms with E-state index < -0.39 is 0 Å². The number of hydrogen-bond donors (Lipinski definition) is 0. The third-order valence-corrected chi connectivity index (χ3v) is 3.21. The van der Waals surface area contributed by atoms with Crippen LogP contribution in [0, 0.1) is 5.82 Å². The molecule has 0 aliphatic heterocycles. The lowest BCUT2D eigenvalue weighted by molar-refractivity contribution is 0.496. The van der Waals surface area contributed by atoms with Gasteiger partial charge in [0.1, 0.15) is 5.82 Å². The third-order valence-electron chi connectivity index (χ3n) is 2.17. The summed E-state index contributed by atoms with van der Waals surface area (Å²) in [5.74, 6) is 0.326. The van der Waals surface area contributed by atoms with Crippen LogP contribution in [-0.2, 0) is 0 Å². The number of benzene rings is 1. The highest BCUT2D eigenvalue weighted by atomic mass is 79.9. The average Bonchev–Trinajstić information content (AvgIpc) is 2.78. The average molecular weight is 285 g/mol. The summed E-state index contributed by atoms with van der Waals surface area (Å²) in [4.78, 5) is 0.0144. The standard InChI is InChI=1S/C11H10BrFN2O/c1-2-8(12)11-15-14-10(16-11)7-5-3-4-6-9(7)13/h3-6,8H,2H2,1H3. The van der Waals surface area contributed by atoms with Gasteiger partial charge < -0.3 is 4.42 Å². The molecule has 0 radical (unpaired) electrons. The van der Waals surface area contributed by atoms with Crippen molar-refractivity contribution in [2.24, 2.45) is 0 Å². The SMILES string of the molecule is CCC(Br)c1nnc(-c2ccccc2F)o1. The molecule has 1 atom stereocenters. The van der Waals surface area contributed by atoms with Crippen LogP contribution in [0.1, 0.15) is 24.1 Å². The van der Waals surface area contributed by atoms with Crippen molar-refractivity contribution in [1.29, 1.82) is 0 Å². The van der Waals surface area contributed by atoms with Crippen LogP contribution < -0.4 is 0 Å². The van der Waals surface area contributed by atoms with Crippen LogP contribution in [0.3, 0.4) is 0 Å². The lowest BCUT2D eigenvalue weighted by atomic mass is 10.2. The van der Waals surface area contributed by atoms with Crippen molar-refractivity contribution in [2.45, 2.75) is 18.2 Å². The minimum atomic E-state index is -0.361. The molecule has 0 saturated carbocycles. The Labute approximate surface area is 101 Å². The fourth-order valence-corrected chi connectivity index (χ4v) is 1.46. The third kappa shape index (κ3) is 2.14. The molecule has 1 aromatic heterocycles. The largest absolute Gasteiger partial charge is 0.419 e. The van der Waals surface area contributed by atoms with E-state index >= 15 is 0 Å². The zero-order chi connectivity index (χ0) is 11.5. The van der Waals surface area contributed by atoms with Gasteiger partial charge in [-0.3, -0.25) is 0 Å². The summed E-state index contributed by atoms with van der Waals surface area (Å²) in [7, 11) is 0. The van der Waals surface area contributed by atoms with Gasteiger partial charge in [-0.1, -0.05) is 35.0 Å². The lowest BCUT2D eigenvalue weighted by Crippen LogP contribution is -1.86. The van der Waals surface area contributed by atoms with E-state index in [1.807, 2.05) is 6.92 Å². The summed E-state index contributed by atoms with van der Waals surface area (Å²) in [5, 5.41) is 7.70. The Morgan fingerprint density at radius 2 is 2.12 bits per heavy atom. The number of hydrogen-bond acceptors (Lipinski definition) is 3. The predicted molar refractivity (Wildman–Crippen MR) is 61.7 cm³/mol. The molecule has 3 nitrogen and oxygen atoms in total. The maximum Gasteiger partial charge on any atom is 0.250 e. The van der Waals surface area contributed by atoms with Crippen LogP contribution in [0.4, 0.5) is 4.39 Å². The second kappa shape index (κ2) is 4.74. The highest BCUT2D eigenvalue weighted by Crippen LogP contribution is 2.28. The Hall–Kier alpha value is -1.23. The molecule has 1 aromatic carbocycles. The maximum absolute atomic E-state index is 13.4. The fourth-order valence-electron chi connectivity index (χ4n) is 1.28. The van der Waals surface area contributed by atoms with Crippen LogP contribution in [0.25, 0.3) is 11.5 Å². The Morgan fingerprint density at radius 1 is 1.38 bits per heavy atom. The zero-order valence-corrected chi connectivity index (χ0v) is 10.2. The molecule has 1 unspecified atom stereocenters. The smallest absolute Gasteiger partial charge is 0.250 e. The molecule has 0 fully saturated rings. The molecule has 0 bridgehead atoms. The molecule has 2 aromatic rings. The minimum Gasteiger partial charge on any atom is -0.419 e.